The summed E-state index contributed by atoms with van der Waals surface area (Å²) < 4.78 is 30.0. The van der Waals surface area contributed by atoms with Crippen molar-refractivity contribution in [3.8, 4) is 23.3 Å². The van der Waals surface area contributed by atoms with E-state index in [4.69, 9.17) is 19.9 Å². The van der Waals surface area contributed by atoms with Gasteiger partial charge in [-0.2, -0.15) is 5.26 Å². The second-order valence-corrected chi connectivity index (χ2v) is 9.21. The smallest absolute Gasteiger partial charge is 0.349 e. The number of halogens is 1. The molecule has 35 heavy (non-hydrogen) atoms. The lowest BCUT2D eigenvalue weighted by atomic mass is 9.83. The first-order chi connectivity index (χ1) is 16.7. The maximum absolute atomic E-state index is 13.4. The molecule has 0 fully saturated rings. The topological polar surface area (TPSA) is 94.6 Å². The van der Waals surface area contributed by atoms with Gasteiger partial charge in [0.15, 0.2) is 6.61 Å². The van der Waals surface area contributed by atoms with Crippen molar-refractivity contribution in [3.63, 3.8) is 0 Å². The lowest BCUT2D eigenvalue weighted by molar-refractivity contribution is -0.136. The Morgan fingerprint density at radius 1 is 1.06 bits per heavy atom. The fourth-order valence-electron chi connectivity index (χ4n) is 3.85. The number of allylic oxidation sites excluding steroid dienone is 1. The van der Waals surface area contributed by atoms with Gasteiger partial charge in [0.1, 0.15) is 34.7 Å². The fraction of sp³-hybridized carbons (Fsp3) is 0.214. The predicted octanol–water partition coefficient (Wildman–Crippen LogP) is 5.33. The number of nitrogens with two attached hydrogens (primary N) is 1. The van der Waals surface area contributed by atoms with E-state index >= 15 is 0 Å². The van der Waals surface area contributed by atoms with Crippen LogP contribution in [0.25, 0.3) is 0 Å². The van der Waals surface area contributed by atoms with E-state index in [1.54, 1.807) is 24.3 Å². The SMILES string of the molecule is CC(C)(C)c1ccc(OCC(=O)Oc2ccc3c(c2)OC(N)=C(C#N)C3c2ccc(F)cc2)cc1. The third-order valence-electron chi connectivity index (χ3n) is 5.70. The zero-order valence-electron chi connectivity index (χ0n) is 19.7. The summed E-state index contributed by atoms with van der Waals surface area (Å²) in [7, 11) is 0. The van der Waals surface area contributed by atoms with Crippen LogP contribution in [-0.4, -0.2) is 12.6 Å². The first kappa shape index (κ1) is 23.8. The summed E-state index contributed by atoms with van der Waals surface area (Å²) >= 11 is 0. The van der Waals surface area contributed by atoms with E-state index in [1.165, 1.54) is 18.2 Å². The van der Waals surface area contributed by atoms with Crippen molar-refractivity contribution in [2.24, 2.45) is 5.73 Å². The molecule has 0 aliphatic carbocycles. The number of nitrogens with zero attached hydrogens (tertiary/aromatic N) is 1. The molecule has 4 rings (SSSR count). The Kier molecular flexibility index (Phi) is 6.48. The predicted molar refractivity (Wildman–Crippen MR) is 128 cm³/mol. The number of rotatable bonds is 5. The Balaban J connectivity index is 1.48. The van der Waals surface area contributed by atoms with Gasteiger partial charge in [0.05, 0.1) is 5.92 Å². The average Bonchev–Trinajstić information content (AvgIpc) is 2.82. The molecule has 3 aromatic rings. The van der Waals surface area contributed by atoms with Crippen LogP contribution >= 0.6 is 0 Å². The molecule has 6 nitrogen and oxygen atoms in total. The van der Waals surface area contributed by atoms with Crippen LogP contribution in [0.4, 0.5) is 4.39 Å². The highest BCUT2D eigenvalue weighted by Crippen LogP contribution is 2.43. The summed E-state index contributed by atoms with van der Waals surface area (Å²) in [5.74, 6) is -0.407. The highest BCUT2D eigenvalue weighted by molar-refractivity contribution is 5.74. The molecule has 0 aromatic heterocycles. The summed E-state index contributed by atoms with van der Waals surface area (Å²) in [5.41, 5.74) is 8.74. The van der Waals surface area contributed by atoms with Crippen molar-refractivity contribution in [1.29, 1.82) is 5.26 Å². The van der Waals surface area contributed by atoms with E-state index in [-0.39, 0.29) is 35.0 Å². The van der Waals surface area contributed by atoms with Gasteiger partial charge in [-0.3, -0.25) is 0 Å². The standard InChI is InChI=1S/C28H25FN2O4/c1-28(2,3)18-6-10-20(11-7-18)33-16-25(32)34-21-12-13-22-24(14-21)35-27(31)23(15-30)26(22)17-4-8-19(29)9-5-17/h4-14,26H,16,31H2,1-3H3. The molecule has 0 amide bonds. The highest BCUT2D eigenvalue weighted by atomic mass is 19.1. The lowest BCUT2D eigenvalue weighted by Crippen LogP contribution is -2.21. The van der Waals surface area contributed by atoms with Gasteiger partial charge in [-0.05, 0) is 46.9 Å². The minimum atomic E-state index is -0.586. The van der Waals surface area contributed by atoms with Crippen LogP contribution in [0.2, 0.25) is 0 Å². The number of nitriles is 1. The fourth-order valence-corrected chi connectivity index (χ4v) is 3.85. The van der Waals surface area contributed by atoms with Gasteiger partial charge in [0.25, 0.3) is 0 Å². The molecule has 0 saturated heterocycles. The van der Waals surface area contributed by atoms with E-state index in [1.807, 2.05) is 24.3 Å². The van der Waals surface area contributed by atoms with E-state index in [9.17, 15) is 14.4 Å². The van der Waals surface area contributed by atoms with Crippen LogP contribution in [0, 0.1) is 17.1 Å². The minimum Gasteiger partial charge on any atom is -0.482 e. The molecule has 0 bridgehead atoms. The summed E-state index contributed by atoms with van der Waals surface area (Å²) in [5, 5.41) is 9.63. The van der Waals surface area contributed by atoms with Crippen LogP contribution in [0.15, 0.2) is 78.2 Å². The average molecular weight is 473 g/mol. The van der Waals surface area contributed by atoms with E-state index in [0.29, 0.717) is 22.6 Å². The molecule has 1 unspecified atom stereocenters. The Bertz CT molecular complexity index is 1320. The Hall–Kier alpha value is -4.31. The van der Waals surface area contributed by atoms with E-state index < -0.39 is 11.9 Å². The number of fused-ring (bicyclic) bond motifs is 1. The van der Waals surface area contributed by atoms with Crippen LogP contribution in [-0.2, 0) is 10.2 Å². The van der Waals surface area contributed by atoms with Gasteiger partial charge in [-0.25, -0.2) is 9.18 Å². The monoisotopic (exact) mass is 472 g/mol. The van der Waals surface area contributed by atoms with Gasteiger partial charge >= 0.3 is 5.97 Å². The molecule has 7 heteroatoms. The number of carbonyl (C=O) groups excluding carboxylic acids is 1. The van der Waals surface area contributed by atoms with E-state index in [0.717, 1.165) is 5.56 Å². The normalized spacial score (nSPS) is 15.0. The van der Waals surface area contributed by atoms with Crippen molar-refractivity contribution in [3.05, 3.63) is 101 Å². The third kappa shape index (κ3) is 5.28. The van der Waals surface area contributed by atoms with E-state index in [2.05, 4.69) is 26.8 Å². The van der Waals surface area contributed by atoms with Crippen LogP contribution in [0.1, 0.15) is 43.4 Å². The molecule has 1 heterocycles. The molecule has 178 valence electrons. The quantitative estimate of drug-likeness (QED) is 0.399. The van der Waals surface area contributed by atoms with Crippen molar-refractivity contribution < 1.29 is 23.4 Å². The number of carbonyl (C=O) groups is 1. The third-order valence-corrected chi connectivity index (χ3v) is 5.70. The zero-order valence-corrected chi connectivity index (χ0v) is 19.7. The van der Waals surface area contributed by atoms with Gasteiger partial charge in [-0.1, -0.05) is 51.1 Å². The maximum atomic E-state index is 13.4. The number of ether oxygens (including phenoxy) is 3. The molecule has 2 N–H and O–H groups in total. The largest absolute Gasteiger partial charge is 0.482 e. The Labute approximate surface area is 203 Å². The Morgan fingerprint density at radius 3 is 2.34 bits per heavy atom. The summed E-state index contributed by atoms with van der Waals surface area (Å²) in [6, 6.07) is 20.3. The van der Waals surface area contributed by atoms with Gasteiger partial charge in [0, 0.05) is 11.6 Å². The molecule has 1 aliphatic rings. The zero-order chi connectivity index (χ0) is 25.2. The van der Waals surface area contributed by atoms with Crippen molar-refractivity contribution >= 4 is 5.97 Å². The maximum Gasteiger partial charge on any atom is 0.349 e. The van der Waals surface area contributed by atoms with Crippen molar-refractivity contribution in [2.45, 2.75) is 32.1 Å². The molecule has 1 aliphatic heterocycles. The molecular formula is C28H25FN2O4. The van der Waals surface area contributed by atoms with Crippen LogP contribution < -0.4 is 19.9 Å². The summed E-state index contributed by atoms with van der Waals surface area (Å²) in [6.07, 6.45) is 0. The van der Waals surface area contributed by atoms with Gasteiger partial charge in [-0.15, -0.1) is 0 Å². The summed E-state index contributed by atoms with van der Waals surface area (Å²) in [6.45, 7) is 6.09. The highest BCUT2D eigenvalue weighted by Gasteiger charge is 2.31. The molecule has 1 atom stereocenters. The molecular weight excluding hydrogens is 447 g/mol. The first-order valence-electron chi connectivity index (χ1n) is 11.1. The lowest BCUT2D eigenvalue weighted by Gasteiger charge is -2.26. The number of benzene rings is 3. The molecule has 0 saturated carbocycles. The van der Waals surface area contributed by atoms with Crippen molar-refractivity contribution in [1.82, 2.24) is 0 Å². The minimum absolute atomic E-state index is 0.0221. The van der Waals surface area contributed by atoms with Gasteiger partial charge < -0.3 is 19.9 Å². The molecule has 3 aromatic carbocycles. The summed E-state index contributed by atoms with van der Waals surface area (Å²) in [4.78, 5) is 12.4. The second-order valence-electron chi connectivity index (χ2n) is 9.21. The molecule has 0 spiro atoms. The number of hydrogen-bond donors (Lipinski definition) is 1. The van der Waals surface area contributed by atoms with Crippen LogP contribution in [0.3, 0.4) is 0 Å². The first-order valence-corrected chi connectivity index (χ1v) is 11.1. The van der Waals surface area contributed by atoms with Crippen LogP contribution in [0.5, 0.6) is 17.2 Å². The van der Waals surface area contributed by atoms with Gasteiger partial charge in [0.2, 0.25) is 5.88 Å². The number of esters is 1. The Morgan fingerprint density at radius 2 is 1.71 bits per heavy atom. The molecule has 0 radical (unpaired) electrons. The number of hydrogen-bond acceptors (Lipinski definition) is 6. The van der Waals surface area contributed by atoms with Crippen molar-refractivity contribution in [2.75, 3.05) is 6.61 Å². The second kappa shape index (κ2) is 9.51.